The minimum atomic E-state index is 0. The van der Waals surface area contributed by atoms with E-state index in [0.717, 1.165) is 25.9 Å². The molecule has 0 bridgehead atoms. The van der Waals surface area contributed by atoms with Crippen molar-refractivity contribution < 1.29 is 9.53 Å². The predicted molar refractivity (Wildman–Crippen MR) is 69.2 cm³/mol. The highest BCUT2D eigenvalue weighted by Gasteiger charge is 2.26. The Kier molecular flexibility index (Phi) is 6.23. The third kappa shape index (κ3) is 4.12. The van der Waals surface area contributed by atoms with Gasteiger partial charge in [-0.15, -0.1) is 12.4 Å². The standard InChI is InChI=1S/C12H22N2O2.ClH/c13-11-4-2-1-3-10(11)9-12(15)14-5-7-16-8-6-14;/h10-11H,1-9,13H2;1H. The minimum absolute atomic E-state index is 0. The van der Waals surface area contributed by atoms with Crippen molar-refractivity contribution in [2.24, 2.45) is 11.7 Å². The van der Waals surface area contributed by atoms with Gasteiger partial charge < -0.3 is 15.4 Å². The molecule has 2 rings (SSSR count). The first-order valence-electron chi connectivity index (χ1n) is 6.38. The molecule has 0 aromatic rings. The number of nitrogens with zero attached hydrogens (tertiary/aromatic N) is 1. The normalized spacial score (nSPS) is 29.6. The fourth-order valence-corrected chi connectivity index (χ4v) is 2.66. The van der Waals surface area contributed by atoms with Crippen LogP contribution in [0.15, 0.2) is 0 Å². The van der Waals surface area contributed by atoms with Gasteiger partial charge in [0.25, 0.3) is 0 Å². The fourth-order valence-electron chi connectivity index (χ4n) is 2.66. The molecule has 1 amide bonds. The summed E-state index contributed by atoms with van der Waals surface area (Å²) in [5, 5.41) is 0. The number of hydrogen-bond acceptors (Lipinski definition) is 3. The van der Waals surface area contributed by atoms with Crippen LogP contribution in [-0.2, 0) is 9.53 Å². The smallest absolute Gasteiger partial charge is 0.223 e. The molecule has 100 valence electrons. The number of hydrogen-bond donors (Lipinski definition) is 1. The van der Waals surface area contributed by atoms with Crippen molar-refractivity contribution in [3.05, 3.63) is 0 Å². The third-order valence-corrected chi connectivity index (χ3v) is 3.77. The van der Waals surface area contributed by atoms with Crippen molar-refractivity contribution in [3.63, 3.8) is 0 Å². The number of halogens is 1. The van der Waals surface area contributed by atoms with E-state index in [1.807, 2.05) is 4.90 Å². The number of rotatable bonds is 2. The molecule has 0 aromatic heterocycles. The molecule has 1 heterocycles. The summed E-state index contributed by atoms with van der Waals surface area (Å²) in [6.07, 6.45) is 5.30. The third-order valence-electron chi connectivity index (χ3n) is 3.77. The largest absolute Gasteiger partial charge is 0.378 e. The summed E-state index contributed by atoms with van der Waals surface area (Å²) >= 11 is 0. The average Bonchev–Trinajstić information content (AvgIpc) is 2.33. The van der Waals surface area contributed by atoms with Crippen molar-refractivity contribution in [1.82, 2.24) is 4.90 Å². The molecule has 4 nitrogen and oxygen atoms in total. The quantitative estimate of drug-likeness (QED) is 0.813. The van der Waals surface area contributed by atoms with Gasteiger partial charge in [0.15, 0.2) is 0 Å². The van der Waals surface area contributed by atoms with Gasteiger partial charge >= 0.3 is 0 Å². The number of carbonyl (C=O) groups is 1. The van der Waals surface area contributed by atoms with Gasteiger partial charge in [0.05, 0.1) is 13.2 Å². The van der Waals surface area contributed by atoms with E-state index in [9.17, 15) is 4.79 Å². The SMILES string of the molecule is Cl.NC1CCCCC1CC(=O)N1CCOCC1. The highest BCUT2D eigenvalue weighted by atomic mass is 35.5. The highest BCUT2D eigenvalue weighted by molar-refractivity contribution is 5.85. The first-order chi connectivity index (χ1) is 7.77. The zero-order chi connectivity index (χ0) is 11.4. The van der Waals surface area contributed by atoms with Gasteiger partial charge in [-0.05, 0) is 18.8 Å². The minimum Gasteiger partial charge on any atom is -0.378 e. The average molecular weight is 263 g/mol. The Hall–Kier alpha value is -0.320. The van der Waals surface area contributed by atoms with Gasteiger partial charge in [-0.1, -0.05) is 12.8 Å². The lowest BCUT2D eigenvalue weighted by Gasteiger charge is -2.32. The van der Waals surface area contributed by atoms with Crippen molar-refractivity contribution in [2.75, 3.05) is 26.3 Å². The summed E-state index contributed by atoms with van der Waals surface area (Å²) in [5.74, 6) is 0.676. The van der Waals surface area contributed by atoms with E-state index in [2.05, 4.69) is 0 Å². The Bertz CT molecular complexity index is 245. The number of amides is 1. The number of carbonyl (C=O) groups excluding carboxylic acids is 1. The highest BCUT2D eigenvalue weighted by Crippen LogP contribution is 2.26. The molecule has 2 unspecified atom stereocenters. The zero-order valence-corrected chi connectivity index (χ0v) is 11.1. The molecule has 2 fully saturated rings. The van der Waals surface area contributed by atoms with Gasteiger partial charge in [0.1, 0.15) is 0 Å². The molecule has 0 radical (unpaired) electrons. The summed E-state index contributed by atoms with van der Waals surface area (Å²) in [7, 11) is 0. The number of morpholine rings is 1. The summed E-state index contributed by atoms with van der Waals surface area (Å²) in [5.41, 5.74) is 6.06. The van der Waals surface area contributed by atoms with Gasteiger partial charge in [-0.25, -0.2) is 0 Å². The molecular weight excluding hydrogens is 240 g/mol. The second-order valence-electron chi connectivity index (χ2n) is 4.91. The Morgan fingerprint density at radius 1 is 1.24 bits per heavy atom. The maximum atomic E-state index is 12.0. The topological polar surface area (TPSA) is 55.6 Å². The summed E-state index contributed by atoms with van der Waals surface area (Å²) < 4.78 is 5.24. The first kappa shape index (κ1) is 14.7. The molecule has 0 spiro atoms. The molecule has 1 saturated heterocycles. The zero-order valence-electron chi connectivity index (χ0n) is 10.3. The van der Waals surface area contributed by atoms with E-state index in [4.69, 9.17) is 10.5 Å². The van der Waals surface area contributed by atoms with E-state index in [-0.39, 0.29) is 24.4 Å². The Morgan fingerprint density at radius 2 is 1.88 bits per heavy atom. The van der Waals surface area contributed by atoms with E-state index in [1.165, 1.54) is 12.8 Å². The Morgan fingerprint density at radius 3 is 2.53 bits per heavy atom. The van der Waals surface area contributed by atoms with Gasteiger partial charge in [0.2, 0.25) is 5.91 Å². The van der Waals surface area contributed by atoms with Crippen LogP contribution in [0.4, 0.5) is 0 Å². The Labute approximate surface area is 109 Å². The fraction of sp³-hybridized carbons (Fsp3) is 0.917. The predicted octanol–water partition coefficient (Wildman–Crippen LogP) is 1.17. The maximum Gasteiger partial charge on any atom is 0.223 e. The lowest BCUT2D eigenvalue weighted by Crippen LogP contribution is -2.43. The lowest BCUT2D eigenvalue weighted by molar-refractivity contribution is -0.136. The van der Waals surface area contributed by atoms with Crippen LogP contribution < -0.4 is 5.73 Å². The van der Waals surface area contributed by atoms with Crippen molar-refractivity contribution in [3.8, 4) is 0 Å². The lowest BCUT2D eigenvalue weighted by atomic mass is 9.82. The summed E-state index contributed by atoms with van der Waals surface area (Å²) in [4.78, 5) is 13.9. The summed E-state index contributed by atoms with van der Waals surface area (Å²) in [6.45, 7) is 2.87. The van der Waals surface area contributed by atoms with Crippen LogP contribution in [0.3, 0.4) is 0 Å². The monoisotopic (exact) mass is 262 g/mol. The number of ether oxygens (including phenoxy) is 1. The Balaban J connectivity index is 0.00000144. The summed E-state index contributed by atoms with van der Waals surface area (Å²) in [6, 6.07) is 0.235. The van der Waals surface area contributed by atoms with Crippen LogP contribution in [0.1, 0.15) is 32.1 Å². The van der Waals surface area contributed by atoms with Gasteiger partial charge in [-0.2, -0.15) is 0 Å². The van der Waals surface area contributed by atoms with Gasteiger partial charge in [-0.3, -0.25) is 4.79 Å². The molecule has 1 saturated carbocycles. The molecule has 1 aliphatic carbocycles. The molecule has 2 N–H and O–H groups in total. The second kappa shape index (κ2) is 7.19. The van der Waals surface area contributed by atoms with Crippen LogP contribution >= 0.6 is 12.4 Å². The van der Waals surface area contributed by atoms with E-state index < -0.39 is 0 Å². The van der Waals surface area contributed by atoms with Crippen LogP contribution in [0.25, 0.3) is 0 Å². The number of nitrogens with two attached hydrogens (primary N) is 1. The van der Waals surface area contributed by atoms with Crippen molar-refractivity contribution >= 4 is 18.3 Å². The van der Waals surface area contributed by atoms with Crippen LogP contribution in [0, 0.1) is 5.92 Å². The van der Waals surface area contributed by atoms with Crippen LogP contribution in [-0.4, -0.2) is 43.2 Å². The molecule has 2 aliphatic rings. The van der Waals surface area contributed by atoms with Crippen molar-refractivity contribution in [2.45, 2.75) is 38.1 Å². The van der Waals surface area contributed by atoms with E-state index >= 15 is 0 Å². The van der Waals surface area contributed by atoms with Crippen LogP contribution in [0.5, 0.6) is 0 Å². The first-order valence-corrected chi connectivity index (χ1v) is 6.38. The molecule has 17 heavy (non-hydrogen) atoms. The maximum absolute atomic E-state index is 12.0. The molecule has 2 atom stereocenters. The van der Waals surface area contributed by atoms with E-state index in [1.54, 1.807) is 0 Å². The molecular formula is C12H23ClN2O2. The molecule has 5 heteroatoms. The second-order valence-corrected chi connectivity index (χ2v) is 4.91. The van der Waals surface area contributed by atoms with E-state index in [0.29, 0.717) is 25.6 Å². The molecule has 1 aliphatic heterocycles. The van der Waals surface area contributed by atoms with Gasteiger partial charge in [0, 0.05) is 25.6 Å². The molecule has 0 aromatic carbocycles. The van der Waals surface area contributed by atoms with Crippen molar-refractivity contribution in [1.29, 1.82) is 0 Å². The van der Waals surface area contributed by atoms with Crippen LogP contribution in [0.2, 0.25) is 0 Å².